The minimum Gasteiger partial charge on any atom is -0.494 e. The number of carbonyl (C=O) groups excluding carboxylic acids is 1. The van der Waals surface area contributed by atoms with Gasteiger partial charge in [0.05, 0.1) is 6.61 Å². The minimum absolute atomic E-state index is 0.0208. The molecule has 1 aromatic rings. The normalized spacial score (nSPS) is 21.4. The highest BCUT2D eigenvalue weighted by atomic mass is 16.5. The number of hydrogen-bond acceptors (Lipinski definition) is 3. The van der Waals surface area contributed by atoms with Crippen LogP contribution in [0.5, 0.6) is 5.75 Å². The Hall–Kier alpha value is -1.55. The lowest BCUT2D eigenvalue weighted by molar-refractivity contribution is 0.0914. The molecular formula is C18H27NO3. The lowest BCUT2D eigenvalue weighted by Crippen LogP contribution is -2.38. The average Bonchev–Trinajstić information content (AvgIpc) is 2.56. The first-order chi connectivity index (χ1) is 10.7. The van der Waals surface area contributed by atoms with Crippen molar-refractivity contribution in [1.82, 2.24) is 5.32 Å². The molecule has 1 saturated carbocycles. The number of unbranched alkanes of at least 4 members (excludes halogenated alkanes) is 1. The van der Waals surface area contributed by atoms with Crippen LogP contribution in [0.2, 0.25) is 0 Å². The molecule has 0 atom stereocenters. The first-order valence-corrected chi connectivity index (χ1v) is 8.37. The number of aliphatic hydroxyl groups is 1. The zero-order valence-corrected chi connectivity index (χ0v) is 13.4. The van der Waals surface area contributed by atoms with Gasteiger partial charge in [-0.2, -0.15) is 0 Å². The van der Waals surface area contributed by atoms with Gasteiger partial charge in [-0.05, 0) is 62.3 Å². The maximum Gasteiger partial charge on any atom is 0.251 e. The SMILES string of the molecule is CCCCOc1ccc(C(=O)NC2CCC(CO)CC2)cc1. The van der Waals surface area contributed by atoms with Crippen LogP contribution in [0, 0.1) is 5.92 Å². The van der Waals surface area contributed by atoms with Crippen molar-refractivity contribution in [3.63, 3.8) is 0 Å². The molecule has 1 fully saturated rings. The van der Waals surface area contributed by atoms with Gasteiger partial charge in [-0.25, -0.2) is 0 Å². The maximum atomic E-state index is 12.2. The van der Waals surface area contributed by atoms with Crippen molar-refractivity contribution in [2.45, 2.75) is 51.5 Å². The molecule has 22 heavy (non-hydrogen) atoms. The number of benzene rings is 1. The van der Waals surface area contributed by atoms with E-state index in [0.717, 1.165) is 50.9 Å². The highest BCUT2D eigenvalue weighted by molar-refractivity contribution is 5.94. The first-order valence-electron chi connectivity index (χ1n) is 8.37. The number of hydrogen-bond donors (Lipinski definition) is 2. The molecule has 0 heterocycles. The smallest absolute Gasteiger partial charge is 0.251 e. The summed E-state index contributed by atoms with van der Waals surface area (Å²) in [7, 11) is 0. The van der Waals surface area contributed by atoms with Gasteiger partial charge in [-0.1, -0.05) is 13.3 Å². The lowest BCUT2D eigenvalue weighted by atomic mass is 9.86. The standard InChI is InChI=1S/C18H27NO3/c1-2-3-12-22-17-10-6-15(7-11-17)18(21)19-16-8-4-14(13-20)5-9-16/h6-7,10-11,14,16,20H,2-5,8-9,12-13H2,1H3,(H,19,21). The molecule has 0 bridgehead atoms. The van der Waals surface area contributed by atoms with Crippen molar-refractivity contribution < 1.29 is 14.6 Å². The molecule has 1 amide bonds. The Labute approximate surface area is 132 Å². The van der Waals surface area contributed by atoms with Crippen LogP contribution in [0.4, 0.5) is 0 Å². The molecule has 1 aliphatic rings. The molecule has 0 unspecified atom stereocenters. The van der Waals surface area contributed by atoms with Gasteiger partial charge in [0, 0.05) is 18.2 Å². The highest BCUT2D eigenvalue weighted by Gasteiger charge is 2.22. The van der Waals surface area contributed by atoms with E-state index in [2.05, 4.69) is 12.2 Å². The lowest BCUT2D eigenvalue weighted by Gasteiger charge is -2.27. The van der Waals surface area contributed by atoms with Gasteiger partial charge < -0.3 is 15.2 Å². The van der Waals surface area contributed by atoms with Gasteiger partial charge in [0.25, 0.3) is 5.91 Å². The van der Waals surface area contributed by atoms with Gasteiger partial charge in [-0.3, -0.25) is 4.79 Å². The maximum absolute atomic E-state index is 12.2. The molecule has 0 radical (unpaired) electrons. The number of rotatable bonds is 7. The zero-order valence-electron chi connectivity index (χ0n) is 13.4. The third kappa shape index (κ3) is 5.02. The fraction of sp³-hybridized carbons (Fsp3) is 0.611. The molecule has 2 rings (SSSR count). The van der Waals surface area contributed by atoms with Gasteiger partial charge in [0.2, 0.25) is 0 Å². The molecule has 122 valence electrons. The van der Waals surface area contributed by atoms with Crippen LogP contribution in [-0.2, 0) is 0 Å². The number of aliphatic hydroxyl groups excluding tert-OH is 1. The second kappa shape index (κ2) is 8.79. The number of nitrogens with one attached hydrogen (secondary N) is 1. The summed E-state index contributed by atoms with van der Waals surface area (Å²) in [5, 5.41) is 12.2. The van der Waals surface area contributed by atoms with Gasteiger partial charge in [0.1, 0.15) is 5.75 Å². The molecule has 4 nitrogen and oxygen atoms in total. The van der Waals surface area contributed by atoms with E-state index >= 15 is 0 Å². The molecule has 0 saturated heterocycles. The average molecular weight is 305 g/mol. The summed E-state index contributed by atoms with van der Waals surface area (Å²) in [6.45, 7) is 3.11. The summed E-state index contributed by atoms with van der Waals surface area (Å²) in [6, 6.07) is 7.57. The topological polar surface area (TPSA) is 58.6 Å². The van der Waals surface area contributed by atoms with Crippen LogP contribution < -0.4 is 10.1 Å². The predicted octanol–water partition coefficient (Wildman–Crippen LogP) is 3.15. The second-order valence-corrected chi connectivity index (χ2v) is 6.10. The molecule has 4 heteroatoms. The summed E-state index contributed by atoms with van der Waals surface area (Å²) in [6.07, 6.45) is 6.04. The predicted molar refractivity (Wildman–Crippen MR) is 87.1 cm³/mol. The fourth-order valence-electron chi connectivity index (χ4n) is 2.79. The van der Waals surface area contributed by atoms with Gasteiger partial charge in [0.15, 0.2) is 0 Å². The van der Waals surface area contributed by atoms with Crippen molar-refractivity contribution >= 4 is 5.91 Å². The summed E-state index contributed by atoms with van der Waals surface area (Å²) >= 11 is 0. The van der Waals surface area contributed by atoms with Crippen molar-refractivity contribution in [2.75, 3.05) is 13.2 Å². The molecule has 0 spiro atoms. The quantitative estimate of drug-likeness (QED) is 0.761. The number of ether oxygens (including phenoxy) is 1. The summed E-state index contributed by atoms with van der Waals surface area (Å²) < 4.78 is 5.60. The molecule has 1 aliphatic carbocycles. The van der Waals surface area contributed by atoms with Crippen LogP contribution in [0.25, 0.3) is 0 Å². The largest absolute Gasteiger partial charge is 0.494 e. The first kappa shape index (κ1) is 16.8. The van der Waals surface area contributed by atoms with E-state index in [-0.39, 0.29) is 18.6 Å². The molecule has 0 aromatic heterocycles. The molecule has 2 N–H and O–H groups in total. The van der Waals surface area contributed by atoms with Crippen LogP contribution in [0.3, 0.4) is 0 Å². The zero-order chi connectivity index (χ0) is 15.8. The highest BCUT2D eigenvalue weighted by Crippen LogP contribution is 2.24. The van der Waals surface area contributed by atoms with E-state index in [1.54, 1.807) is 0 Å². The Balaban J connectivity index is 1.80. The van der Waals surface area contributed by atoms with E-state index in [4.69, 9.17) is 9.84 Å². The Kier molecular flexibility index (Phi) is 6.72. The monoisotopic (exact) mass is 305 g/mol. The van der Waals surface area contributed by atoms with Crippen LogP contribution in [-0.4, -0.2) is 30.3 Å². The number of carbonyl (C=O) groups is 1. The molecule has 0 aliphatic heterocycles. The second-order valence-electron chi connectivity index (χ2n) is 6.10. The Morgan fingerprint density at radius 1 is 1.23 bits per heavy atom. The van der Waals surface area contributed by atoms with E-state index in [9.17, 15) is 4.79 Å². The van der Waals surface area contributed by atoms with Gasteiger partial charge in [-0.15, -0.1) is 0 Å². The van der Waals surface area contributed by atoms with Crippen LogP contribution >= 0.6 is 0 Å². The summed E-state index contributed by atoms with van der Waals surface area (Å²) in [5.41, 5.74) is 0.673. The van der Waals surface area contributed by atoms with E-state index in [0.29, 0.717) is 11.5 Å². The van der Waals surface area contributed by atoms with Crippen molar-refractivity contribution in [2.24, 2.45) is 5.92 Å². The van der Waals surface area contributed by atoms with E-state index in [1.807, 2.05) is 24.3 Å². The Bertz CT molecular complexity index is 450. The van der Waals surface area contributed by atoms with E-state index in [1.165, 1.54) is 0 Å². The Morgan fingerprint density at radius 2 is 1.91 bits per heavy atom. The molecule has 1 aromatic carbocycles. The Morgan fingerprint density at radius 3 is 2.50 bits per heavy atom. The molecular weight excluding hydrogens is 278 g/mol. The van der Waals surface area contributed by atoms with Crippen molar-refractivity contribution in [3.8, 4) is 5.75 Å². The van der Waals surface area contributed by atoms with Gasteiger partial charge >= 0.3 is 0 Å². The van der Waals surface area contributed by atoms with E-state index < -0.39 is 0 Å². The summed E-state index contributed by atoms with van der Waals surface area (Å²) in [5.74, 6) is 1.20. The van der Waals surface area contributed by atoms with Crippen LogP contribution in [0.15, 0.2) is 24.3 Å². The van der Waals surface area contributed by atoms with Crippen molar-refractivity contribution in [3.05, 3.63) is 29.8 Å². The third-order valence-corrected chi connectivity index (χ3v) is 4.32. The van der Waals surface area contributed by atoms with Crippen LogP contribution in [0.1, 0.15) is 55.8 Å². The van der Waals surface area contributed by atoms with Crippen molar-refractivity contribution in [1.29, 1.82) is 0 Å². The fourth-order valence-corrected chi connectivity index (χ4v) is 2.79. The third-order valence-electron chi connectivity index (χ3n) is 4.32. The number of amides is 1. The minimum atomic E-state index is -0.0208. The summed E-state index contributed by atoms with van der Waals surface area (Å²) in [4.78, 5) is 12.2.